The Bertz CT molecular complexity index is 2050. The maximum atomic E-state index is 10.1. The predicted molar refractivity (Wildman–Crippen MR) is 183 cm³/mol. The number of fused-ring (bicyclic) bond motifs is 3. The Balaban J connectivity index is 1.23. The Morgan fingerprint density at radius 3 is 0.956 bits per heavy atom. The van der Waals surface area contributed by atoms with E-state index in [0.717, 1.165) is 49.5 Å². The summed E-state index contributed by atoms with van der Waals surface area (Å²) >= 11 is 0. The van der Waals surface area contributed by atoms with Crippen LogP contribution in [0.5, 0.6) is 17.2 Å². The lowest BCUT2D eigenvalue weighted by Crippen LogP contribution is -1.85. The van der Waals surface area contributed by atoms with Crippen LogP contribution in [0.25, 0.3) is 69.2 Å². The normalized spacial score (nSPS) is 12.0. The number of aromatic hydroxyl groups is 3. The minimum absolute atomic E-state index is 0.163. The van der Waals surface area contributed by atoms with E-state index in [1.807, 2.05) is 91.1 Å². The van der Waals surface area contributed by atoms with Crippen molar-refractivity contribution in [3.63, 3.8) is 0 Å². The molecule has 0 spiro atoms. The van der Waals surface area contributed by atoms with Gasteiger partial charge < -0.3 is 15.3 Å². The van der Waals surface area contributed by atoms with E-state index >= 15 is 0 Å². The second kappa shape index (κ2) is 11.8. The molecule has 3 N–H and O–H groups in total. The Kier molecular flexibility index (Phi) is 7.21. The first-order chi connectivity index (χ1) is 22.0. The Hall–Kier alpha value is -6.27. The third-order valence-corrected chi connectivity index (χ3v) is 7.54. The van der Waals surface area contributed by atoms with Gasteiger partial charge in [0.25, 0.3) is 0 Å². The summed E-state index contributed by atoms with van der Waals surface area (Å²) in [5, 5.41) is 32.9. The van der Waals surface area contributed by atoms with E-state index in [1.54, 1.807) is 36.8 Å². The summed E-state index contributed by atoms with van der Waals surface area (Å²) in [5.74, 6) is 0.488. The van der Waals surface area contributed by atoms with E-state index in [0.29, 0.717) is 16.6 Å². The molecular formula is C39H27N3O3. The van der Waals surface area contributed by atoms with Gasteiger partial charge in [0.1, 0.15) is 33.8 Å². The van der Waals surface area contributed by atoms with Gasteiger partial charge in [-0.15, -0.1) is 0 Å². The predicted octanol–water partition coefficient (Wildman–Crippen LogP) is 8.96. The van der Waals surface area contributed by atoms with Crippen LogP contribution in [0.2, 0.25) is 0 Å². The molecule has 0 bridgehead atoms. The maximum Gasteiger partial charge on any atom is 0.141 e. The Labute approximate surface area is 259 Å². The molecule has 0 unspecified atom stereocenters. The van der Waals surface area contributed by atoms with E-state index in [2.05, 4.69) is 33.2 Å². The number of hydrogen-bond donors (Lipinski definition) is 3. The smallest absolute Gasteiger partial charge is 0.141 e. The van der Waals surface area contributed by atoms with Gasteiger partial charge in [0.05, 0.1) is 0 Å². The number of pyridine rings is 3. The summed E-state index contributed by atoms with van der Waals surface area (Å²) in [4.78, 5) is 13.3. The van der Waals surface area contributed by atoms with Gasteiger partial charge in [-0.05, 0) is 88.0 Å². The molecule has 216 valence electrons. The molecule has 6 nitrogen and oxygen atoms in total. The molecule has 6 heteroatoms. The number of rotatable bonds is 6. The number of phenols is 3. The first-order valence-corrected chi connectivity index (χ1v) is 14.4. The third kappa shape index (κ3) is 5.98. The SMILES string of the molecule is Oc1cccc2cc(/C=C/c3cc(/C=C/c4cnc5c(O)cccc5c4)cc(/C=C/c4cnc5c(O)cccc5c4)c3)cnc12. The van der Waals surface area contributed by atoms with Gasteiger partial charge in [0, 0.05) is 34.7 Å². The van der Waals surface area contributed by atoms with Crippen molar-refractivity contribution < 1.29 is 15.3 Å². The topological polar surface area (TPSA) is 99.4 Å². The van der Waals surface area contributed by atoms with E-state index in [1.165, 1.54) is 0 Å². The standard InChI is InChI=1S/C39H27N3O3/c43-34-7-1-4-31-19-28(22-40-37(31)34)13-10-25-16-26(11-14-29-20-32-5-2-8-35(44)38(32)41-23-29)18-27(17-25)12-15-30-21-33-6-3-9-36(45)39(33)42-24-30/h1-24,43-45H/b13-10+,14-11+,15-12+. The molecule has 3 heterocycles. The van der Waals surface area contributed by atoms with Gasteiger partial charge >= 0.3 is 0 Å². The molecule has 0 radical (unpaired) electrons. The summed E-state index contributed by atoms with van der Waals surface area (Å²) in [6.07, 6.45) is 17.4. The van der Waals surface area contributed by atoms with Crippen LogP contribution >= 0.6 is 0 Å². The maximum absolute atomic E-state index is 10.1. The third-order valence-electron chi connectivity index (χ3n) is 7.54. The van der Waals surface area contributed by atoms with Crippen LogP contribution in [0, 0.1) is 0 Å². The highest BCUT2D eigenvalue weighted by molar-refractivity contribution is 5.89. The van der Waals surface area contributed by atoms with Crippen molar-refractivity contribution in [2.45, 2.75) is 0 Å². The van der Waals surface area contributed by atoms with E-state index in [4.69, 9.17) is 0 Å². The molecule has 0 saturated heterocycles. The second-order valence-corrected chi connectivity index (χ2v) is 10.8. The number of phenolic OH excluding ortho intramolecular Hbond substituents is 3. The summed E-state index contributed by atoms with van der Waals surface area (Å²) in [5.41, 5.74) is 7.47. The summed E-state index contributed by atoms with van der Waals surface area (Å²) in [6, 6.07) is 28.4. The number of aromatic nitrogens is 3. The van der Waals surface area contributed by atoms with Crippen molar-refractivity contribution in [1.29, 1.82) is 0 Å². The van der Waals surface area contributed by atoms with E-state index < -0.39 is 0 Å². The molecule has 0 amide bonds. The first-order valence-electron chi connectivity index (χ1n) is 14.4. The zero-order valence-corrected chi connectivity index (χ0v) is 24.0. The van der Waals surface area contributed by atoms with Crippen LogP contribution in [-0.2, 0) is 0 Å². The average molecular weight is 586 g/mol. The largest absolute Gasteiger partial charge is 0.506 e. The monoisotopic (exact) mass is 585 g/mol. The number of benzene rings is 4. The molecule has 45 heavy (non-hydrogen) atoms. The van der Waals surface area contributed by atoms with Crippen molar-refractivity contribution in [3.8, 4) is 17.2 Å². The Morgan fingerprint density at radius 2 is 0.644 bits per heavy atom. The second-order valence-electron chi connectivity index (χ2n) is 10.8. The van der Waals surface area contributed by atoms with Gasteiger partial charge in [0.2, 0.25) is 0 Å². The lowest BCUT2D eigenvalue weighted by atomic mass is 10.0. The fraction of sp³-hybridized carbons (Fsp3) is 0. The van der Waals surface area contributed by atoms with Gasteiger partial charge in [-0.3, -0.25) is 15.0 Å². The summed E-state index contributed by atoms with van der Waals surface area (Å²) < 4.78 is 0. The fourth-order valence-electron chi connectivity index (χ4n) is 5.33. The molecule has 3 aromatic heterocycles. The van der Waals surface area contributed by atoms with Crippen LogP contribution in [0.4, 0.5) is 0 Å². The van der Waals surface area contributed by atoms with Crippen molar-refractivity contribution in [2.75, 3.05) is 0 Å². The van der Waals surface area contributed by atoms with Gasteiger partial charge in [-0.25, -0.2) is 0 Å². The lowest BCUT2D eigenvalue weighted by molar-refractivity contribution is 0.480. The fourth-order valence-corrected chi connectivity index (χ4v) is 5.33. The van der Waals surface area contributed by atoms with Crippen molar-refractivity contribution in [1.82, 2.24) is 15.0 Å². The molecule has 0 fully saturated rings. The van der Waals surface area contributed by atoms with Crippen molar-refractivity contribution in [3.05, 3.63) is 143 Å². The lowest BCUT2D eigenvalue weighted by Gasteiger charge is -2.05. The number of hydrogen-bond acceptors (Lipinski definition) is 6. The molecule has 0 aliphatic carbocycles. The Morgan fingerprint density at radius 1 is 0.356 bits per heavy atom. The highest BCUT2D eigenvalue weighted by Gasteiger charge is 2.04. The minimum Gasteiger partial charge on any atom is -0.506 e. The van der Waals surface area contributed by atoms with Crippen LogP contribution in [0.3, 0.4) is 0 Å². The van der Waals surface area contributed by atoms with Crippen LogP contribution in [-0.4, -0.2) is 30.3 Å². The van der Waals surface area contributed by atoms with Crippen LogP contribution in [0.1, 0.15) is 33.4 Å². The summed E-state index contributed by atoms with van der Waals surface area (Å²) in [7, 11) is 0. The molecule has 7 rings (SSSR count). The molecular weight excluding hydrogens is 558 g/mol. The summed E-state index contributed by atoms with van der Waals surface area (Å²) in [6.45, 7) is 0. The van der Waals surface area contributed by atoms with E-state index in [9.17, 15) is 15.3 Å². The minimum atomic E-state index is 0.163. The average Bonchev–Trinajstić information content (AvgIpc) is 3.06. The highest BCUT2D eigenvalue weighted by atomic mass is 16.3. The van der Waals surface area contributed by atoms with Crippen molar-refractivity contribution >= 4 is 69.2 Å². The molecule has 7 aromatic rings. The van der Waals surface area contributed by atoms with Crippen LogP contribution < -0.4 is 0 Å². The van der Waals surface area contributed by atoms with Gasteiger partial charge in [-0.1, -0.05) is 72.9 Å². The van der Waals surface area contributed by atoms with Crippen LogP contribution in [0.15, 0.2) is 110 Å². The molecule has 0 aliphatic heterocycles. The zero-order valence-electron chi connectivity index (χ0n) is 24.0. The first kappa shape index (κ1) is 27.6. The molecule has 0 aliphatic rings. The molecule has 0 saturated carbocycles. The number of nitrogens with zero attached hydrogens (tertiary/aromatic N) is 3. The van der Waals surface area contributed by atoms with E-state index in [-0.39, 0.29) is 17.2 Å². The quantitative estimate of drug-likeness (QED) is 0.180. The van der Waals surface area contributed by atoms with Gasteiger partial charge in [0.15, 0.2) is 0 Å². The molecule has 4 aromatic carbocycles. The zero-order chi connectivity index (χ0) is 30.8. The number of para-hydroxylation sites is 3. The highest BCUT2D eigenvalue weighted by Crippen LogP contribution is 2.27. The van der Waals surface area contributed by atoms with Crippen molar-refractivity contribution in [2.24, 2.45) is 0 Å². The van der Waals surface area contributed by atoms with Gasteiger partial charge in [-0.2, -0.15) is 0 Å². The molecule has 0 atom stereocenters.